The van der Waals surface area contributed by atoms with E-state index in [0.717, 1.165) is 65.6 Å². The minimum atomic E-state index is -1.44. The molecular formula is C36H44F3N3O3. The van der Waals surface area contributed by atoms with Gasteiger partial charge in [0, 0.05) is 60.8 Å². The number of aryl methyl sites for hydroxylation is 2. The number of benzene rings is 2. The number of carboxylic acids is 1. The second-order valence-corrected chi connectivity index (χ2v) is 14.3. The van der Waals surface area contributed by atoms with E-state index < -0.39 is 35.1 Å². The number of halogens is 3. The van der Waals surface area contributed by atoms with Crippen LogP contribution in [0.15, 0.2) is 30.3 Å². The van der Waals surface area contributed by atoms with E-state index in [9.17, 15) is 23.1 Å². The standard InChI is InChI=1S/C36H44F3N3O3/c1-21-28(24-8-9-25-19-41(15-12-23(25)18-24)20-26-10-11-27(37)31(39)30(26)38)32(42-16-13-36(6,7)14-17-42)29(22(2)40-21)33(34(43)44)45-35(3,4)5/h8-11,18,33H,12-17,19-20H2,1-7H3,(H,43,44)/t33-/m0/s1. The van der Waals surface area contributed by atoms with Crippen molar-refractivity contribution in [1.29, 1.82) is 0 Å². The zero-order chi connectivity index (χ0) is 32.8. The molecule has 3 aromatic rings. The minimum Gasteiger partial charge on any atom is -0.479 e. The molecule has 45 heavy (non-hydrogen) atoms. The smallest absolute Gasteiger partial charge is 0.337 e. The van der Waals surface area contributed by atoms with E-state index in [1.165, 1.54) is 6.07 Å². The van der Waals surface area contributed by atoms with Crippen LogP contribution in [0, 0.1) is 36.7 Å². The molecule has 5 rings (SSSR count). The van der Waals surface area contributed by atoms with Gasteiger partial charge in [-0.05, 0) is 82.1 Å². The van der Waals surface area contributed by atoms with E-state index in [2.05, 4.69) is 30.9 Å². The normalized spacial score (nSPS) is 17.7. The van der Waals surface area contributed by atoms with Gasteiger partial charge in [0.2, 0.25) is 0 Å². The van der Waals surface area contributed by atoms with Gasteiger partial charge in [-0.15, -0.1) is 0 Å². The number of pyridine rings is 1. The molecule has 0 saturated carbocycles. The third-order valence-electron chi connectivity index (χ3n) is 9.07. The first-order valence-corrected chi connectivity index (χ1v) is 15.7. The van der Waals surface area contributed by atoms with Gasteiger partial charge < -0.3 is 14.7 Å². The molecule has 2 aromatic carbocycles. The highest BCUT2D eigenvalue weighted by molar-refractivity contribution is 5.88. The molecule has 2 aliphatic rings. The van der Waals surface area contributed by atoms with Crippen molar-refractivity contribution in [3.8, 4) is 11.1 Å². The first-order valence-electron chi connectivity index (χ1n) is 15.7. The molecule has 1 atom stereocenters. The van der Waals surface area contributed by atoms with Gasteiger partial charge in [-0.3, -0.25) is 9.88 Å². The first-order chi connectivity index (χ1) is 21.0. The van der Waals surface area contributed by atoms with Crippen molar-refractivity contribution in [3.63, 3.8) is 0 Å². The Kier molecular flexibility index (Phi) is 9.08. The number of aromatic nitrogens is 1. The maximum Gasteiger partial charge on any atom is 0.337 e. The Morgan fingerprint density at radius 2 is 1.69 bits per heavy atom. The van der Waals surface area contributed by atoms with Crippen LogP contribution in [0.1, 0.15) is 87.2 Å². The predicted molar refractivity (Wildman–Crippen MR) is 170 cm³/mol. The fourth-order valence-corrected chi connectivity index (χ4v) is 6.59. The van der Waals surface area contributed by atoms with Crippen LogP contribution >= 0.6 is 0 Å². The molecule has 1 saturated heterocycles. The topological polar surface area (TPSA) is 65.9 Å². The SMILES string of the molecule is Cc1nc(C)c([C@H](OC(C)(C)C)C(=O)O)c(N2CCC(C)(C)CC2)c1-c1ccc2c(c1)CCN(Cc1ccc(F)c(F)c1F)C2. The van der Waals surface area contributed by atoms with Gasteiger partial charge in [0.15, 0.2) is 23.6 Å². The van der Waals surface area contributed by atoms with E-state index in [1.807, 2.05) is 45.6 Å². The van der Waals surface area contributed by atoms with Crippen molar-refractivity contribution in [2.24, 2.45) is 5.41 Å². The summed E-state index contributed by atoms with van der Waals surface area (Å²) in [4.78, 5) is 22.0. The largest absolute Gasteiger partial charge is 0.479 e. The highest BCUT2D eigenvalue weighted by atomic mass is 19.2. The number of nitrogens with zero attached hydrogens (tertiary/aromatic N) is 3. The molecule has 9 heteroatoms. The van der Waals surface area contributed by atoms with Crippen LogP contribution < -0.4 is 4.90 Å². The third-order valence-corrected chi connectivity index (χ3v) is 9.07. The molecule has 2 aliphatic heterocycles. The molecule has 1 aromatic heterocycles. The Labute approximate surface area is 264 Å². The minimum absolute atomic E-state index is 0.127. The van der Waals surface area contributed by atoms with E-state index in [-0.39, 0.29) is 17.5 Å². The number of carboxylic acid groups (broad SMARTS) is 1. The number of ether oxygens (including phenoxy) is 1. The Hall–Kier alpha value is -3.43. The molecule has 1 N–H and O–H groups in total. The van der Waals surface area contributed by atoms with Gasteiger partial charge in [0.1, 0.15) is 0 Å². The van der Waals surface area contributed by atoms with Crippen molar-refractivity contribution in [3.05, 3.63) is 81.4 Å². The van der Waals surface area contributed by atoms with Crippen molar-refractivity contribution in [2.45, 2.75) is 92.5 Å². The fourth-order valence-electron chi connectivity index (χ4n) is 6.59. The second-order valence-electron chi connectivity index (χ2n) is 14.3. The Morgan fingerprint density at radius 1 is 1.00 bits per heavy atom. The predicted octanol–water partition coefficient (Wildman–Crippen LogP) is 7.91. The maximum atomic E-state index is 14.4. The summed E-state index contributed by atoms with van der Waals surface area (Å²) in [7, 11) is 0. The Morgan fingerprint density at radius 3 is 2.33 bits per heavy atom. The molecule has 0 unspecified atom stereocenters. The average molecular weight is 624 g/mol. The molecule has 3 heterocycles. The first kappa shape index (κ1) is 32.9. The summed E-state index contributed by atoms with van der Waals surface area (Å²) in [6.45, 7) is 16.9. The zero-order valence-corrected chi connectivity index (χ0v) is 27.4. The summed E-state index contributed by atoms with van der Waals surface area (Å²) in [5.41, 5.74) is 6.65. The van der Waals surface area contributed by atoms with Crippen LogP contribution in [0.3, 0.4) is 0 Å². The molecular weight excluding hydrogens is 579 g/mol. The lowest BCUT2D eigenvalue weighted by Crippen LogP contribution is -2.39. The van der Waals surface area contributed by atoms with Crippen molar-refractivity contribution in [1.82, 2.24) is 9.88 Å². The van der Waals surface area contributed by atoms with Gasteiger partial charge in [0.25, 0.3) is 0 Å². The van der Waals surface area contributed by atoms with E-state index in [1.54, 1.807) is 0 Å². The summed E-state index contributed by atoms with van der Waals surface area (Å²) in [5, 5.41) is 10.4. The van der Waals surface area contributed by atoms with Crippen LogP contribution in [0.2, 0.25) is 0 Å². The van der Waals surface area contributed by atoms with Gasteiger partial charge in [0.05, 0.1) is 11.3 Å². The van der Waals surface area contributed by atoms with E-state index in [4.69, 9.17) is 9.72 Å². The van der Waals surface area contributed by atoms with Crippen LogP contribution in [0.5, 0.6) is 0 Å². The van der Waals surface area contributed by atoms with Crippen molar-refractivity contribution < 1.29 is 27.8 Å². The summed E-state index contributed by atoms with van der Waals surface area (Å²) in [6, 6.07) is 8.52. The van der Waals surface area contributed by atoms with Crippen molar-refractivity contribution in [2.75, 3.05) is 24.5 Å². The molecule has 0 radical (unpaired) electrons. The number of anilines is 1. The highest BCUT2D eigenvalue weighted by Gasteiger charge is 2.36. The van der Waals surface area contributed by atoms with E-state index in [0.29, 0.717) is 30.8 Å². The lowest BCUT2D eigenvalue weighted by molar-refractivity contribution is -0.160. The number of fused-ring (bicyclic) bond motifs is 1. The summed E-state index contributed by atoms with van der Waals surface area (Å²) < 4.78 is 47.9. The monoisotopic (exact) mass is 623 g/mol. The molecule has 0 amide bonds. The number of rotatable bonds is 7. The zero-order valence-electron chi connectivity index (χ0n) is 27.4. The number of hydrogen-bond acceptors (Lipinski definition) is 5. The Balaban J connectivity index is 1.56. The molecule has 0 spiro atoms. The Bertz CT molecular complexity index is 1610. The number of hydrogen-bond donors (Lipinski definition) is 1. The van der Waals surface area contributed by atoms with Gasteiger partial charge in [-0.25, -0.2) is 18.0 Å². The maximum absolute atomic E-state index is 14.4. The summed E-state index contributed by atoms with van der Waals surface area (Å²) in [6.07, 6.45) is 1.45. The molecule has 6 nitrogen and oxygen atoms in total. The van der Waals surface area contributed by atoms with Crippen molar-refractivity contribution >= 4 is 11.7 Å². The molecule has 0 bridgehead atoms. The summed E-state index contributed by atoms with van der Waals surface area (Å²) >= 11 is 0. The lowest BCUT2D eigenvalue weighted by atomic mass is 9.81. The number of carbonyl (C=O) groups is 1. The van der Waals surface area contributed by atoms with Crippen LogP contribution in [-0.4, -0.2) is 46.2 Å². The fraction of sp³-hybridized carbons (Fsp3) is 0.500. The highest BCUT2D eigenvalue weighted by Crippen LogP contribution is 2.45. The van der Waals surface area contributed by atoms with E-state index >= 15 is 0 Å². The van der Waals surface area contributed by atoms with Crippen LogP contribution in [-0.2, 0) is 29.0 Å². The van der Waals surface area contributed by atoms with Gasteiger partial charge in [-0.1, -0.05) is 38.1 Å². The number of piperidine rings is 1. The number of aliphatic carboxylic acids is 1. The third kappa shape index (κ3) is 7.04. The molecule has 242 valence electrons. The quantitative estimate of drug-likeness (QED) is 0.270. The molecule has 1 fully saturated rings. The second kappa shape index (κ2) is 12.4. The summed E-state index contributed by atoms with van der Waals surface area (Å²) in [5.74, 6) is -4.82. The van der Waals surface area contributed by atoms with Gasteiger partial charge in [-0.2, -0.15) is 0 Å². The van der Waals surface area contributed by atoms with Crippen LogP contribution in [0.4, 0.5) is 18.9 Å². The lowest BCUT2D eigenvalue weighted by Gasteiger charge is -2.41. The van der Waals surface area contributed by atoms with Gasteiger partial charge >= 0.3 is 5.97 Å². The van der Waals surface area contributed by atoms with Crippen LogP contribution in [0.25, 0.3) is 11.1 Å². The average Bonchev–Trinajstić information content (AvgIpc) is 2.95. The molecule has 0 aliphatic carbocycles.